The lowest BCUT2D eigenvalue weighted by molar-refractivity contribution is 0.0389. The molecule has 0 spiro atoms. The molecule has 0 radical (unpaired) electrons. The Morgan fingerprint density at radius 3 is 2.35 bits per heavy atom. The third kappa shape index (κ3) is 8.16. The molecule has 2 fully saturated rings. The van der Waals surface area contributed by atoms with Crippen molar-refractivity contribution in [1.29, 1.82) is 0 Å². The number of nitrogens with zero attached hydrogens (tertiary/aromatic N) is 3. The monoisotopic (exact) mass is 565 g/mol. The van der Waals surface area contributed by atoms with E-state index in [1.807, 2.05) is 19.1 Å². The van der Waals surface area contributed by atoms with E-state index >= 15 is 0 Å². The molecule has 1 aromatic rings. The van der Waals surface area contributed by atoms with Crippen molar-refractivity contribution in [3.8, 4) is 0 Å². The van der Waals surface area contributed by atoms with Gasteiger partial charge in [0.15, 0.2) is 5.96 Å². The van der Waals surface area contributed by atoms with Crippen LogP contribution in [0.2, 0.25) is 0 Å². The van der Waals surface area contributed by atoms with Crippen molar-refractivity contribution < 1.29 is 13.2 Å². The minimum absolute atomic E-state index is 0. The van der Waals surface area contributed by atoms with E-state index in [1.54, 1.807) is 16.4 Å². The maximum absolute atomic E-state index is 12.8. The van der Waals surface area contributed by atoms with Gasteiger partial charge in [0, 0.05) is 45.8 Å². The summed E-state index contributed by atoms with van der Waals surface area (Å²) in [5.74, 6) is 0.774. The normalized spacial score (nSPS) is 18.9. The third-order valence-electron chi connectivity index (χ3n) is 5.46. The molecule has 3 rings (SSSR count). The number of hydrogen-bond donors (Lipinski definition) is 2. The van der Waals surface area contributed by atoms with Crippen molar-refractivity contribution in [3.05, 3.63) is 29.8 Å². The number of piperidine rings is 1. The standard InChI is InChI=1S/C21H35N5O3S.HI/c1-2-22-21(23-10-13-25-14-16-29-17-15-25)24-18-19-6-8-20(9-7-19)30(27,28)26-11-4-3-5-12-26;/h6-9H,2-5,10-18H2,1H3,(H2,22,23,24);1H. The minimum atomic E-state index is -3.38. The highest BCUT2D eigenvalue weighted by Gasteiger charge is 2.25. The van der Waals surface area contributed by atoms with Crippen LogP contribution >= 0.6 is 24.0 Å². The summed E-state index contributed by atoms with van der Waals surface area (Å²) >= 11 is 0. The number of morpholine rings is 1. The average molecular weight is 566 g/mol. The van der Waals surface area contributed by atoms with Gasteiger partial charge in [0.1, 0.15) is 0 Å². The van der Waals surface area contributed by atoms with E-state index in [2.05, 4.69) is 20.5 Å². The van der Waals surface area contributed by atoms with Crippen LogP contribution < -0.4 is 10.6 Å². The fourth-order valence-corrected chi connectivity index (χ4v) is 5.21. The van der Waals surface area contributed by atoms with Crippen LogP contribution in [-0.4, -0.2) is 82.6 Å². The van der Waals surface area contributed by atoms with Crippen molar-refractivity contribution in [1.82, 2.24) is 19.8 Å². The van der Waals surface area contributed by atoms with Crippen LogP contribution in [-0.2, 0) is 21.3 Å². The number of halogens is 1. The summed E-state index contributed by atoms with van der Waals surface area (Å²) in [4.78, 5) is 7.38. The van der Waals surface area contributed by atoms with Crippen molar-refractivity contribution >= 4 is 40.0 Å². The maximum Gasteiger partial charge on any atom is 0.243 e. The summed E-state index contributed by atoms with van der Waals surface area (Å²) in [7, 11) is -3.38. The molecule has 2 heterocycles. The average Bonchev–Trinajstić information content (AvgIpc) is 2.79. The van der Waals surface area contributed by atoms with Gasteiger partial charge in [-0.2, -0.15) is 4.31 Å². The van der Waals surface area contributed by atoms with E-state index < -0.39 is 10.0 Å². The fourth-order valence-electron chi connectivity index (χ4n) is 3.69. The van der Waals surface area contributed by atoms with Gasteiger partial charge in [-0.05, 0) is 37.5 Å². The van der Waals surface area contributed by atoms with Gasteiger partial charge in [-0.25, -0.2) is 13.4 Å². The van der Waals surface area contributed by atoms with Crippen LogP contribution in [0.3, 0.4) is 0 Å². The molecule has 0 atom stereocenters. The highest BCUT2D eigenvalue weighted by molar-refractivity contribution is 14.0. The Kier molecular flexibility index (Phi) is 11.5. The molecule has 0 aliphatic carbocycles. The molecule has 10 heteroatoms. The first kappa shape index (κ1) is 26.3. The first-order valence-electron chi connectivity index (χ1n) is 11.0. The summed E-state index contributed by atoms with van der Waals surface area (Å²) in [6.07, 6.45) is 2.99. The predicted molar refractivity (Wildman–Crippen MR) is 135 cm³/mol. The topological polar surface area (TPSA) is 86.3 Å². The number of aliphatic imine (C=N–C) groups is 1. The zero-order valence-electron chi connectivity index (χ0n) is 18.4. The Morgan fingerprint density at radius 1 is 1.03 bits per heavy atom. The predicted octanol–water partition coefficient (Wildman–Crippen LogP) is 1.87. The third-order valence-corrected chi connectivity index (χ3v) is 7.38. The molecule has 2 aliphatic rings. The molecular formula is C21H36IN5O3S. The summed E-state index contributed by atoms with van der Waals surface area (Å²) in [6.45, 7) is 9.90. The summed E-state index contributed by atoms with van der Waals surface area (Å²) < 4.78 is 32.5. The fraction of sp³-hybridized carbons (Fsp3) is 0.667. The lowest BCUT2D eigenvalue weighted by atomic mass is 10.2. The number of sulfonamides is 1. The van der Waals surface area contributed by atoms with E-state index in [4.69, 9.17) is 4.74 Å². The molecule has 0 aromatic heterocycles. The number of rotatable bonds is 8. The first-order chi connectivity index (χ1) is 14.6. The Bertz CT molecular complexity index is 777. The van der Waals surface area contributed by atoms with Gasteiger partial charge >= 0.3 is 0 Å². The first-order valence-corrected chi connectivity index (χ1v) is 12.4. The largest absolute Gasteiger partial charge is 0.379 e. The number of benzene rings is 1. The van der Waals surface area contributed by atoms with Crippen LogP contribution in [0.15, 0.2) is 34.2 Å². The summed E-state index contributed by atoms with van der Waals surface area (Å²) in [6, 6.07) is 7.12. The molecule has 0 saturated carbocycles. The Balaban J connectivity index is 0.00000341. The van der Waals surface area contributed by atoms with Gasteiger partial charge in [0.2, 0.25) is 10.0 Å². The van der Waals surface area contributed by atoms with Crippen LogP contribution in [0.5, 0.6) is 0 Å². The molecule has 0 bridgehead atoms. The second-order valence-corrected chi connectivity index (χ2v) is 9.62. The van der Waals surface area contributed by atoms with Crippen molar-refractivity contribution in [2.45, 2.75) is 37.6 Å². The van der Waals surface area contributed by atoms with E-state index in [1.165, 1.54) is 0 Å². The summed E-state index contributed by atoms with van der Waals surface area (Å²) in [5.41, 5.74) is 0.984. The number of guanidine groups is 1. The van der Waals surface area contributed by atoms with Gasteiger partial charge in [0.25, 0.3) is 0 Å². The van der Waals surface area contributed by atoms with Crippen molar-refractivity contribution in [2.24, 2.45) is 4.99 Å². The van der Waals surface area contributed by atoms with Crippen molar-refractivity contribution in [2.75, 3.05) is 59.0 Å². The van der Waals surface area contributed by atoms with Crippen LogP contribution in [0.4, 0.5) is 0 Å². The number of nitrogens with one attached hydrogen (secondary N) is 2. The second-order valence-electron chi connectivity index (χ2n) is 7.68. The molecule has 31 heavy (non-hydrogen) atoms. The highest BCUT2D eigenvalue weighted by Crippen LogP contribution is 2.21. The second kappa shape index (κ2) is 13.6. The van der Waals surface area contributed by atoms with E-state index in [9.17, 15) is 8.42 Å². The minimum Gasteiger partial charge on any atom is -0.379 e. The zero-order valence-corrected chi connectivity index (χ0v) is 21.5. The van der Waals surface area contributed by atoms with E-state index in [0.29, 0.717) is 24.5 Å². The lowest BCUT2D eigenvalue weighted by Gasteiger charge is -2.26. The Morgan fingerprint density at radius 2 is 1.71 bits per heavy atom. The maximum atomic E-state index is 12.8. The van der Waals surface area contributed by atoms with Crippen LogP contribution in [0, 0.1) is 0 Å². The number of ether oxygens (including phenoxy) is 1. The van der Waals surface area contributed by atoms with Gasteiger partial charge < -0.3 is 15.4 Å². The molecule has 1 aromatic carbocycles. The molecule has 2 aliphatic heterocycles. The smallest absolute Gasteiger partial charge is 0.243 e. The molecule has 2 saturated heterocycles. The molecule has 0 amide bonds. The SMILES string of the molecule is CCNC(=NCc1ccc(S(=O)(=O)N2CCCCC2)cc1)NCCN1CCOCC1.I. The molecular weight excluding hydrogens is 529 g/mol. The van der Waals surface area contributed by atoms with Crippen molar-refractivity contribution in [3.63, 3.8) is 0 Å². The van der Waals surface area contributed by atoms with Gasteiger partial charge in [-0.1, -0.05) is 18.6 Å². The lowest BCUT2D eigenvalue weighted by Crippen LogP contribution is -2.44. The molecule has 0 unspecified atom stereocenters. The number of hydrogen-bond acceptors (Lipinski definition) is 5. The van der Waals surface area contributed by atoms with Gasteiger partial charge in [-0.3, -0.25) is 4.90 Å². The highest BCUT2D eigenvalue weighted by atomic mass is 127. The molecule has 2 N–H and O–H groups in total. The molecule has 176 valence electrons. The van der Waals surface area contributed by atoms with Gasteiger partial charge in [-0.15, -0.1) is 24.0 Å². The molecule has 8 nitrogen and oxygen atoms in total. The van der Waals surface area contributed by atoms with Crippen LogP contribution in [0.25, 0.3) is 0 Å². The Labute approximate surface area is 203 Å². The van der Waals surface area contributed by atoms with E-state index in [0.717, 1.165) is 76.7 Å². The summed E-state index contributed by atoms with van der Waals surface area (Å²) in [5, 5.41) is 6.63. The van der Waals surface area contributed by atoms with Gasteiger partial charge in [0.05, 0.1) is 24.7 Å². The Hall–Kier alpha value is -0.950. The zero-order chi connectivity index (χ0) is 21.2. The van der Waals surface area contributed by atoms with E-state index in [-0.39, 0.29) is 24.0 Å². The van der Waals surface area contributed by atoms with Crippen LogP contribution in [0.1, 0.15) is 31.7 Å². The quantitative estimate of drug-likeness (QED) is 0.285.